The van der Waals surface area contributed by atoms with Gasteiger partial charge in [-0.15, -0.1) is 0 Å². The second-order valence-electron chi connectivity index (χ2n) is 8.47. The van der Waals surface area contributed by atoms with E-state index in [2.05, 4.69) is 63.8 Å². The van der Waals surface area contributed by atoms with Gasteiger partial charge in [-0.1, -0.05) is 48.0 Å². The molecule has 0 saturated heterocycles. The third-order valence-electron chi connectivity index (χ3n) is 6.37. The van der Waals surface area contributed by atoms with Crippen molar-refractivity contribution < 1.29 is 9.53 Å². The summed E-state index contributed by atoms with van der Waals surface area (Å²) in [7, 11) is 1.65. The molecule has 3 aromatic rings. The lowest BCUT2D eigenvalue weighted by Crippen LogP contribution is -2.26. The van der Waals surface area contributed by atoms with Crippen molar-refractivity contribution in [2.45, 2.75) is 31.7 Å². The van der Waals surface area contributed by atoms with E-state index >= 15 is 0 Å². The third kappa shape index (κ3) is 3.82. The second kappa shape index (κ2) is 8.47. The van der Waals surface area contributed by atoms with E-state index in [4.69, 9.17) is 4.74 Å². The molecule has 2 N–H and O–H groups in total. The van der Waals surface area contributed by atoms with Gasteiger partial charge in [0.15, 0.2) is 5.78 Å². The summed E-state index contributed by atoms with van der Waals surface area (Å²) in [5.41, 5.74) is 7.26. The molecule has 32 heavy (non-hydrogen) atoms. The van der Waals surface area contributed by atoms with Gasteiger partial charge in [0, 0.05) is 17.7 Å². The number of Topliss-reactive ketones (excluding diaryl/α,β-unsaturated/α-hetero) is 1. The summed E-state index contributed by atoms with van der Waals surface area (Å²) in [6, 6.07) is 22.4. The van der Waals surface area contributed by atoms with Crippen LogP contribution in [0.3, 0.4) is 0 Å². The number of carbonyl (C=O) groups excluding carboxylic acids is 1. The molecule has 0 spiro atoms. The van der Waals surface area contributed by atoms with Crippen LogP contribution in [-0.4, -0.2) is 12.9 Å². The van der Waals surface area contributed by atoms with Crippen molar-refractivity contribution in [2.24, 2.45) is 0 Å². The van der Waals surface area contributed by atoms with Gasteiger partial charge in [-0.3, -0.25) is 4.79 Å². The van der Waals surface area contributed by atoms with Crippen molar-refractivity contribution in [1.82, 2.24) is 0 Å². The minimum Gasteiger partial charge on any atom is -0.496 e. The standard InChI is InChI=1S/C27H25BrN2O2/c1-16-7-9-17(10-8-16)19-14-23-26(24(31)15-19)27(18-11-12-25(32-2)20(28)13-18)30-22-6-4-3-5-21(22)29-23/h3-13,19,27,29-30H,14-15H2,1-2H3/t19-,27-/m0/s1. The van der Waals surface area contributed by atoms with E-state index in [0.29, 0.717) is 6.42 Å². The highest BCUT2D eigenvalue weighted by Gasteiger charge is 2.36. The van der Waals surface area contributed by atoms with E-state index in [1.807, 2.05) is 36.4 Å². The van der Waals surface area contributed by atoms with Crippen molar-refractivity contribution >= 4 is 33.1 Å². The smallest absolute Gasteiger partial charge is 0.163 e. The van der Waals surface area contributed by atoms with E-state index in [1.54, 1.807) is 7.11 Å². The Labute approximate surface area is 196 Å². The van der Waals surface area contributed by atoms with E-state index < -0.39 is 0 Å². The van der Waals surface area contributed by atoms with Crippen LogP contribution < -0.4 is 15.4 Å². The minimum absolute atomic E-state index is 0.169. The fourth-order valence-electron chi connectivity index (χ4n) is 4.68. The van der Waals surface area contributed by atoms with Gasteiger partial charge >= 0.3 is 0 Å². The monoisotopic (exact) mass is 488 g/mol. The summed E-state index contributed by atoms with van der Waals surface area (Å²) in [4.78, 5) is 13.6. The maximum Gasteiger partial charge on any atom is 0.163 e. The fourth-order valence-corrected chi connectivity index (χ4v) is 5.24. The molecule has 0 amide bonds. The number of allylic oxidation sites excluding steroid dienone is 1. The first-order valence-electron chi connectivity index (χ1n) is 10.8. The number of methoxy groups -OCH3 is 1. The predicted octanol–water partition coefficient (Wildman–Crippen LogP) is 6.75. The SMILES string of the molecule is COc1ccc([C@@H]2Nc3ccccc3NC3=C2C(=O)C[C@@H](c2ccc(C)cc2)C3)cc1Br. The van der Waals surface area contributed by atoms with Crippen LogP contribution in [0.4, 0.5) is 11.4 Å². The molecule has 0 unspecified atom stereocenters. The van der Waals surface area contributed by atoms with Crippen LogP contribution >= 0.6 is 15.9 Å². The van der Waals surface area contributed by atoms with E-state index in [0.717, 1.165) is 44.9 Å². The van der Waals surface area contributed by atoms with Gasteiger partial charge in [0.2, 0.25) is 0 Å². The largest absolute Gasteiger partial charge is 0.496 e. The zero-order valence-electron chi connectivity index (χ0n) is 18.1. The van der Waals surface area contributed by atoms with Crippen LogP contribution in [0, 0.1) is 6.92 Å². The molecular weight excluding hydrogens is 464 g/mol. The van der Waals surface area contributed by atoms with Crippen molar-refractivity contribution in [3.8, 4) is 5.75 Å². The Morgan fingerprint density at radius 1 is 0.938 bits per heavy atom. The average Bonchev–Trinajstić information content (AvgIpc) is 2.96. The first kappa shape index (κ1) is 20.8. The highest BCUT2D eigenvalue weighted by atomic mass is 79.9. The summed E-state index contributed by atoms with van der Waals surface area (Å²) in [6.07, 6.45) is 1.31. The molecule has 3 aromatic carbocycles. The Kier molecular flexibility index (Phi) is 5.51. The number of para-hydroxylation sites is 2. The van der Waals surface area contributed by atoms with Crippen LogP contribution in [0.15, 0.2) is 82.5 Å². The number of hydrogen-bond acceptors (Lipinski definition) is 4. The first-order valence-corrected chi connectivity index (χ1v) is 11.6. The molecular formula is C27H25BrN2O2. The molecule has 1 aliphatic heterocycles. The maximum atomic E-state index is 13.6. The highest BCUT2D eigenvalue weighted by molar-refractivity contribution is 9.10. The van der Waals surface area contributed by atoms with Crippen molar-refractivity contribution in [2.75, 3.05) is 17.7 Å². The summed E-state index contributed by atoms with van der Waals surface area (Å²) in [5.74, 6) is 1.12. The molecule has 4 nitrogen and oxygen atoms in total. The third-order valence-corrected chi connectivity index (χ3v) is 6.99. The number of halogens is 1. The number of ether oxygens (including phenoxy) is 1. The van der Waals surface area contributed by atoms with Gasteiger partial charge in [-0.05, 0) is 70.6 Å². The topological polar surface area (TPSA) is 50.4 Å². The normalized spacial score (nSPS) is 19.9. The molecule has 5 heteroatoms. The Bertz CT molecular complexity index is 1220. The van der Waals surface area contributed by atoms with Crippen LogP contribution in [0.5, 0.6) is 5.75 Å². The Balaban J connectivity index is 1.60. The number of anilines is 2. The lowest BCUT2D eigenvalue weighted by atomic mass is 9.78. The van der Waals surface area contributed by atoms with Crippen LogP contribution in [0.1, 0.15) is 41.5 Å². The number of benzene rings is 3. The molecule has 162 valence electrons. The quantitative estimate of drug-likeness (QED) is 0.428. The van der Waals surface area contributed by atoms with Crippen molar-refractivity contribution in [3.05, 3.63) is 99.2 Å². The second-order valence-corrected chi connectivity index (χ2v) is 9.33. The lowest BCUT2D eigenvalue weighted by Gasteiger charge is -2.30. The molecule has 2 aliphatic rings. The first-order chi connectivity index (χ1) is 15.5. The minimum atomic E-state index is -0.241. The number of rotatable bonds is 3. The Hall–Kier alpha value is -3.05. The number of carbonyl (C=O) groups is 1. The highest BCUT2D eigenvalue weighted by Crippen LogP contribution is 2.45. The van der Waals surface area contributed by atoms with Crippen molar-refractivity contribution in [3.63, 3.8) is 0 Å². The predicted molar refractivity (Wildman–Crippen MR) is 132 cm³/mol. The van der Waals surface area contributed by atoms with Gasteiger partial charge in [0.05, 0.1) is 29.0 Å². The van der Waals surface area contributed by atoms with Crippen LogP contribution in [0.25, 0.3) is 0 Å². The molecule has 0 fully saturated rings. The van der Waals surface area contributed by atoms with Crippen LogP contribution in [0.2, 0.25) is 0 Å². The molecule has 5 rings (SSSR count). The summed E-state index contributed by atoms with van der Waals surface area (Å²) in [5, 5.41) is 7.23. The average molecular weight is 489 g/mol. The number of fused-ring (bicyclic) bond motifs is 1. The molecule has 2 atom stereocenters. The molecule has 1 heterocycles. The molecule has 0 radical (unpaired) electrons. The summed E-state index contributed by atoms with van der Waals surface area (Å²) < 4.78 is 6.28. The number of hydrogen-bond donors (Lipinski definition) is 2. The lowest BCUT2D eigenvalue weighted by molar-refractivity contribution is -0.116. The van der Waals surface area contributed by atoms with Gasteiger partial charge in [0.25, 0.3) is 0 Å². The van der Waals surface area contributed by atoms with Gasteiger partial charge in [-0.2, -0.15) is 0 Å². The fraction of sp³-hybridized carbons (Fsp3) is 0.222. The van der Waals surface area contributed by atoms with E-state index in [-0.39, 0.29) is 17.7 Å². The Morgan fingerprint density at radius 3 is 2.38 bits per heavy atom. The molecule has 0 bridgehead atoms. The molecule has 0 aromatic heterocycles. The van der Waals surface area contributed by atoms with E-state index in [9.17, 15) is 4.79 Å². The zero-order valence-corrected chi connectivity index (χ0v) is 19.7. The molecule has 1 aliphatic carbocycles. The molecule has 0 saturated carbocycles. The van der Waals surface area contributed by atoms with Gasteiger partial charge in [-0.25, -0.2) is 0 Å². The van der Waals surface area contributed by atoms with E-state index in [1.165, 1.54) is 11.1 Å². The van der Waals surface area contributed by atoms with Gasteiger partial charge in [0.1, 0.15) is 5.75 Å². The van der Waals surface area contributed by atoms with Gasteiger partial charge < -0.3 is 15.4 Å². The number of ketones is 1. The Morgan fingerprint density at radius 2 is 1.66 bits per heavy atom. The maximum absolute atomic E-state index is 13.6. The number of aryl methyl sites for hydroxylation is 1. The van der Waals surface area contributed by atoms with Crippen molar-refractivity contribution in [1.29, 1.82) is 0 Å². The zero-order chi connectivity index (χ0) is 22.2. The van der Waals surface area contributed by atoms with Crippen LogP contribution in [-0.2, 0) is 4.79 Å². The number of nitrogens with one attached hydrogen (secondary N) is 2. The summed E-state index contributed by atoms with van der Waals surface area (Å²) >= 11 is 3.60. The summed E-state index contributed by atoms with van der Waals surface area (Å²) in [6.45, 7) is 2.09.